The van der Waals surface area contributed by atoms with Crippen molar-refractivity contribution >= 4 is 34.9 Å². The third kappa shape index (κ3) is 8.42. The van der Waals surface area contributed by atoms with Gasteiger partial charge in [-0.2, -0.15) is 0 Å². The molecule has 1 aromatic carbocycles. The summed E-state index contributed by atoms with van der Waals surface area (Å²) >= 11 is 5.45. The largest absolute Gasteiger partial charge is 0.463 e. The van der Waals surface area contributed by atoms with E-state index in [9.17, 15) is 9.59 Å². The molecule has 1 amide bonds. The number of carbonyl (C=O) groups excluding carboxylic acids is 2. The number of allylic oxidation sites excluding steroid dienone is 1. The van der Waals surface area contributed by atoms with Crippen LogP contribution in [0.2, 0.25) is 0 Å². The molecule has 1 aliphatic rings. The van der Waals surface area contributed by atoms with E-state index in [-0.39, 0.29) is 11.9 Å². The second kappa shape index (κ2) is 14.8. The molecule has 1 unspecified atom stereocenters. The van der Waals surface area contributed by atoms with Crippen molar-refractivity contribution in [1.29, 1.82) is 0 Å². The topological polar surface area (TPSA) is 70.7 Å². The fourth-order valence-electron chi connectivity index (χ4n) is 4.17. The molecule has 0 saturated carbocycles. The highest BCUT2D eigenvalue weighted by Crippen LogP contribution is 2.32. The molecule has 0 aliphatic carbocycles. The standard InChI is InChI=1S/C27H41N3O3S/c1-5-7-8-9-10-11-12-13-14-18-23(31)28-22-17-15-16-21(19-22)25-24(26(32)33-6-2)20(3)30(4)27(34)29-25/h15-17,19,25H,5-14,18H2,1-4H3,(H,28,31)(H,29,34). The molecule has 0 aromatic heterocycles. The summed E-state index contributed by atoms with van der Waals surface area (Å²) in [4.78, 5) is 27.0. The summed E-state index contributed by atoms with van der Waals surface area (Å²) in [6.07, 6.45) is 11.5. The minimum absolute atomic E-state index is 0.0179. The van der Waals surface area contributed by atoms with Gasteiger partial charge in [0.05, 0.1) is 18.2 Å². The van der Waals surface area contributed by atoms with E-state index in [1.54, 1.807) is 11.8 Å². The van der Waals surface area contributed by atoms with Crippen molar-refractivity contribution < 1.29 is 14.3 Å². The molecule has 0 radical (unpaired) electrons. The molecule has 0 spiro atoms. The lowest BCUT2D eigenvalue weighted by molar-refractivity contribution is -0.139. The highest BCUT2D eigenvalue weighted by atomic mass is 32.1. The number of rotatable bonds is 14. The third-order valence-electron chi connectivity index (χ3n) is 6.26. The summed E-state index contributed by atoms with van der Waals surface area (Å²) < 4.78 is 5.30. The van der Waals surface area contributed by atoms with Gasteiger partial charge in [0.2, 0.25) is 5.91 Å². The van der Waals surface area contributed by atoms with Crippen molar-refractivity contribution in [3.63, 3.8) is 0 Å². The third-order valence-corrected chi connectivity index (χ3v) is 6.65. The van der Waals surface area contributed by atoms with E-state index in [4.69, 9.17) is 17.0 Å². The summed E-state index contributed by atoms with van der Waals surface area (Å²) in [6.45, 7) is 6.19. The zero-order valence-corrected chi connectivity index (χ0v) is 22.1. The maximum atomic E-state index is 12.7. The second-order valence-electron chi connectivity index (χ2n) is 8.91. The number of carbonyl (C=O) groups is 2. The van der Waals surface area contributed by atoms with Crippen LogP contribution in [0.3, 0.4) is 0 Å². The van der Waals surface area contributed by atoms with Crippen LogP contribution in [-0.4, -0.2) is 35.5 Å². The van der Waals surface area contributed by atoms with Gasteiger partial charge in [-0.15, -0.1) is 0 Å². The monoisotopic (exact) mass is 487 g/mol. The van der Waals surface area contributed by atoms with Gasteiger partial charge in [-0.05, 0) is 50.2 Å². The van der Waals surface area contributed by atoms with Crippen LogP contribution in [0.5, 0.6) is 0 Å². The fourth-order valence-corrected chi connectivity index (χ4v) is 4.43. The number of anilines is 1. The van der Waals surface area contributed by atoms with E-state index in [2.05, 4.69) is 17.6 Å². The lowest BCUT2D eigenvalue weighted by Gasteiger charge is -2.35. The minimum atomic E-state index is -0.433. The molecule has 0 saturated heterocycles. The number of hydrogen-bond acceptors (Lipinski definition) is 4. The van der Waals surface area contributed by atoms with Gasteiger partial charge >= 0.3 is 5.97 Å². The number of nitrogens with zero attached hydrogens (tertiary/aromatic N) is 1. The number of benzene rings is 1. The summed E-state index contributed by atoms with van der Waals surface area (Å²) in [6, 6.07) is 7.13. The molecular formula is C27H41N3O3S. The average molecular weight is 488 g/mol. The highest BCUT2D eigenvalue weighted by Gasteiger charge is 2.33. The van der Waals surface area contributed by atoms with E-state index in [0.717, 1.165) is 24.1 Å². The van der Waals surface area contributed by atoms with Crippen LogP contribution in [0, 0.1) is 0 Å². The van der Waals surface area contributed by atoms with Crippen molar-refractivity contribution in [2.75, 3.05) is 19.0 Å². The summed E-state index contributed by atoms with van der Waals surface area (Å²) in [5.41, 5.74) is 2.84. The van der Waals surface area contributed by atoms with Crippen LogP contribution in [-0.2, 0) is 14.3 Å². The number of ether oxygens (including phenoxy) is 1. The average Bonchev–Trinajstić information content (AvgIpc) is 2.81. The van der Waals surface area contributed by atoms with Gasteiger partial charge in [-0.3, -0.25) is 4.79 Å². The molecular weight excluding hydrogens is 446 g/mol. The number of esters is 1. The van der Waals surface area contributed by atoms with Crippen LogP contribution >= 0.6 is 12.2 Å². The van der Waals surface area contributed by atoms with Gasteiger partial charge in [0, 0.05) is 24.9 Å². The first kappa shape index (κ1) is 27.8. The lowest BCUT2D eigenvalue weighted by atomic mass is 9.95. The molecule has 1 aliphatic heterocycles. The summed E-state index contributed by atoms with van der Waals surface area (Å²) in [5.74, 6) is -0.351. The molecule has 2 N–H and O–H groups in total. The van der Waals surface area contributed by atoms with Crippen molar-refractivity contribution in [2.24, 2.45) is 0 Å². The van der Waals surface area contributed by atoms with Crippen LogP contribution in [0.25, 0.3) is 0 Å². The van der Waals surface area contributed by atoms with Crippen LogP contribution in [0.15, 0.2) is 35.5 Å². The second-order valence-corrected chi connectivity index (χ2v) is 9.30. The first-order chi connectivity index (χ1) is 16.4. The summed E-state index contributed by atoms with van der Waals surface area (Å²) in [7, 11) is 1.82. The number of nitrogens with one attached hydrogen (secondary N) is 2. The predicted molar refractivity (Wildman–Crippen MR) is 142 cm³/mol. The van der Waals surface area contributed by atoms with Crippen LogP contribution in [0.4, 0.5) is 5.69 Å². The quantitative estimate of drug-likeness (QED) is 0.184. The van der Waals surface area contributed by atoms with Gasteiger partial charge in [0.1, 0.15) is 0 Å². The summed E-state index contributed by atoms with van der Waals surface area (Å²) in [5, 5.41) is 6.78. The first-order valence-corrected chi connectivity index (χ1v) is 13.1. The SMILES string of the molecule is CCCCCCCCCCCC(=O)Nc1cccc(C2NC(=S)N(C)C(C)=C2C(=O)OCC)c1. The lowest BCUT2D eigenvalue weighted by Crippen LogP contribution is -2.46. The highest BCUT2D eigenvalue weighted by molar-refractivity contribution is 7.80. The normalized spacial score (nSPS) is 15.8. The Bertz CT molecular complexity index is 868. The van der Waals surface area contributed by atoms with E-state index in [0.29, 0.717) is 29.4 Å². The Morgan fingerprint density at radius 3 is 2.35 bits per heavy atom. The maximum absolute atomic E-state index is 12.7. The molecule has 2 rings (SSSR count). The Labute approximate surface area is 210 Å². The Balaban J connectivity index is 1.93. The van der Waals surface area contributed by atoms with Gasteiger partial charge in [-0.1, -0.05) is 70.4 Å². The maximum Gasteiger partial charge on any atom is 0.338 e. The van der Waals surface area contributed by atoms with Crippen LogP contribution in [0.1, 0.15) is 96.6 Å². The number of hydrogen-bond donors (Lipinski definition) is 2. The zero-order chi connectivity index (χ0) is 24.9. The minimum Gasteiger partial charge on any atom is -0.463 e. The van der Waals surface area contributed by atoms with Crippen molar-refractivity contribution in [2.45, 2.75) is 91.0 Å². The van der Waals surface area contributed by atoms with Crippen molar-refractivity contribution in [3.8, 4) is 0 Å². The molecule has 1 aromatic rings. The van der Waals surface area contributed by atoms with E-state index < -0.39 is 6.04 Å². The zero-order valence-electron chi connectivity index (χ0n) is 21.2. The van der Waals surface area contributed by atoms with Crippen molar-refractivity contribution in [1.82, 2.24) is 10.2 Å². The smallest absolute Gasteiger partial charge is 0.338 e. The molecule has 188 valence electrons. The molecule has 0 bridgehead atoms. The Morgan fingerprint density at radius 2 is 1.71 bits per heavy atom. The predicted octanol–water partition coefficient (Wildman–Crippen LogP) is 6.24. The molecule has 7 heteroatoms. The Morgan fingerprint density at radius 1 is 1.06 bits per heavy atom. The van der Waals surface area contributed by atoms with Crippen molar-refractivity contribution in [3.05, 3.63) is 41.1 Å². The fraction of sp³-hybridized carbons (Fsp3) is 0.593. The van der Waals surface area contributed by atoms with Gasteiger partial charge in [0.25, 0.3) is 0 Å². The number of unbranched alkanes of at least 4 members (excludes halogenated alkanes) is 8. The Hall–Kier alpha value is -2.41. The molecule has 0 fully saturated rings. The number of amides is 1. The Kier molecular flexibility index (Phi) is 12.1. The van der Waals surface area contributed by atoms with Crippen LogP contribution < -0.4 is 10.6 Å². The van der Waals surface area contributed by atoms with E-state index >= 15 is 0 Å². The van der Waals surface area contributed by atoms with E-state index in [1.807, 2.05) is 38.2 Å². The number of thiocarbonyl (C=S) groups is 1. The first-order valence-electron chi connectivity index (χ1n) is 12.7. The van der Waals surface area contributed by atoms with E-state index in [1.165, 1.54) is 44.9 Å². The van der Waals surface area contributed by atoms with Gasteiger partial charge in [0.15, 0.2) is 5.11 Å². The molecule has 6 nitrogen and oxygen atoms in total. The van der Waals surface area contributed by atoms with Gasteiger partial charge in [-0.25, -0.2) is 4.79 Å². The molecule has 1 heterocycles. The molecule has 34 heavy (non-hydrogen) atoms. The molecule has 1 atom stereocenters. The van der Waals surface area contributed by atoms with Gasteiger partial charge < -0.3 is 20.3 Å².